The van der Waals surface area contributed by atoms with Gasteiger partial charge in [0.1, 0.15) is 11.6 Å². The highest BCUT2D eigenvalue weighted by molar-refractivity contribution is 6.33. The second kappa shape index (κ2) is 3.81. The molecule has 2 aliphatic rings. The fourth-order valence-electron chi connectivity index (χ4n) is 3.33. The first-order valence-electron chi connectivity index (χ1n) is 6.49. The number of hydrogen-bond acceptors (Lipinski definition) is 6. The largest absolute Gasteiger partial charge is 0.396 e. The monoisotopic (exact) mass is 295 g/mol. The number of aliphatic hydroxyl groups is 1. The molecule has 2 aromatic heterocycles. The molecule has 2 aromatic rings. The first-order valence-corrected chi connectivity index (χ1v) is 6.86. The van der Waals surface area contributed by atoms with Crippen LogP contribution in [0.5, 0.6) is 0 Å². The van der Waals surface area contributed by atoms with Gasteiger partial charge in [-0.15, -0.1) is 0 Å². The molecular formula is C12H14ClN5O2. The molecule has 0 spiro atoms. The Labute approximate surface area is 119 Å². The van der Waals surface area contributed by atoms with Gasteiger partial charge in [0, 0.05) is 12.5 Å². The SMILES string of the molecule is C[C@]12O[C@H]1[C@H](n1cnc3c(Cl)nc(N)nc31)C[C@@H]2CO. The van der Waals surface area contributed by atoms with Crippen molar-refractivity contribution in [3.63, 3.8) is 0 Å². The topological polar surface area (TPSA) is 102 Å². The number of epoxide rings is 1. The zero-order chi connectivity index (χ0) is 14.1. The second-order valence-electron chi connectivity index (χ2n) is 5.60. The van der Waals surface area contributed by atoms with Crippen LogP contribution in [0.4, 0.5) is 5.95 Å². The number of imidazole rings is 1. The van der Waals surface area contributed by atoms with E-state index in [1.807, 2.05) is 11.5 Å². The van der Waals surface area contributed by atoms with Crippen LogP contribution in [0.3, 0.4) is 0 Å². The minimum Gasteiger partial charge on any atom is -0.396 e. The normalized spacial score (nSPS) is 35.5. The third-order valence-corrected chi connectivity index (χ3v) is 4.81. The lowest BCUT2D eigenvalue weighted by atomic mass is 9.98. The van der Waals surface area contributed by atoms with Gasteiger partial charge in [-0.25, -0.2) is 4.98 Å². The maximum Gasteiger partial charge on any atom is 0.223 e. The first-order chi connectivity index (χ1) is 9.54. The number of fused-ring (bicyclic) bond motifs is 2. The van der Waals surface area contributed by atoms with Crippen LogP contribution >= 0.6 is 11.6 Å². The third kappa shape index (κ3) is 1.45. The molecule has 3 N–H and O–H groups in total. The number of nitrogens with zero attached hydrogens (tertiary/aromatic N) is 4. The number of anilines is 1. The lowest BCUT2D eigenvalue weighted by molar-refractivity contribution is 0.115. The average molecular weight is 296 g/mol. The minimum absolute atomic E-state index is 0.0759. The van der Waals surface area contributed by atoms with Crippen molar-refractivity contribution < 1.29 is 9.84 Å². The van der Waals surface area contributed by atoms with E-state index >= 15 is 0 Å². The van der Waals surface area contributed by atoms with Crippen molar-refractivity contribution >= 4 is 28.7 Å². The molecule has 0 unspecified atom stereocenters. The van der Waals surface area contributed by atoms with E-state index in [1.54, 1.807) is 6.33 Å². The van der Waals surface area contributed by atoms with Crippen molar-refractivity contribution in [2.75, 3.05) is 12.3 Å². The number of aliphatic hydroxyl groups excluding tert-OH is 1. The minimum atomic E-state index is -0.238. The molecule has 0 radical (unpaired) electrons. The molecule has 20 heavy (non-hydrogen) atoms. The van der Waals surface area contributed by atoms with E-state index in [1.165, 1.54) is 0 Å². The van der Waals surface area contributed by atoms with Crippen molar-refractivity contribution in [3.05, 3.63) is 11.5 Å². The van der Waals surface area contributed by atoms with Gasteiger partial charge in [-0.1, -0.05) is 11.6 Å². The van der Waals surface area contributed by atoms with Gasteiger partial charge < -0.3 is 20.1 Å². The molecule has 1 aliphatic carbocycles. The predicted octanol–water partition coefficient (Wildman–Crippen LogP) is 0.773. The van der Waals surface area contributed by atoms with E-state index in [2.05, 4.69) is 15.0 Å². The van der Waals surface area contributed by atoms with Crippen LogP contribution in [0.15, 0.2) is 6.33 Å². The summed E-state index contributed by atoms with van der Waals surface area (Å²) >= 11 is 6.03. The van der Waals surface area contributed by atoms with Crippen molar-refractivity contribution in [1.29, 1.82) is 0 Å². The molecule has 1 saturated carbocycles. The van der Waals surface area contributed by atoms with Crippen molar-refractivity contribution in [2.24, 2.45) is 5.92 Å². The number of nitrogen functional groups attached to an aromatic ring is 1. The highest BCUT2D eigenvalue weighted by Gasteiger charge is 2.66. The molecule has 8 heteroatoms. The summed E-state index contributed by atoms with van der Waals surface area (Å²) in [5.41, 5.74) is 6.57. The molecule has 0 amide bonds. The molecule has 3 heterocycles. The Morgan fingerprint density at radius 1 is 1.60 bits per heavy atom. The highest BCUT2D eigenvalue weighted by atomic mass is 35.5. The smallest absolute Gasteiger partial charge is 0.223 e. The van der Waals surface area contributed by atoms with E-state index in [-0.39, 0.29) is 41.4 Å². The molecule has 0 aromatic carbocycles. The summed E-state index contributed by atoms with van der Waals surface area (Å²) in [7, 11) is 0. The van der Waals surface area contributed by atoms with Gasteiger partial charge >= 0.3 is 0 Å². The Bertz CT molecular complexity index is 704. The standard InChI is InChI=1S/C12H14ClN5O2/c1-12-5(3-19)2-6(8(12)20-12)18-4-15-7-9(13)16-11(14)17-10(7)18/h4-6,8,19H,2-3H2,1H3,(H2,14,16,17)/t5-,6-,8+,12-/m1/s1. The molecule has 4 rings (SSSR count). The van der Waals surface area contributed by atoms with Crippen LogP contribution in [-0.4, -0.2) is 42.9 Å². The molecular weight excluding hydrogens is 282 g/mol. The Kier molecular flexibility index (Phi) is 2.34. The molecule has 1 saturated heterocycles. The average Bonchev–Trinajstić information content (AvgIpc) is 2.79. The zero-order valence-electron chi connectivity index (χ0n) is 10.8. The molecule has 1 aliphatic heterocycles. The van der Waals surface area contributed by atoms with Crippen LogP contribution in [-0.2, 0) is 4.74 Å². The summed E-state index contributed by atoms with van der Waals surface area (Å²) in [4.78, 5) is 12.4. The summed E-state index contributed by atoms with van der Waals surface area (Å²) in [6.45, 7) is 2.15. The van der Waals surface area contributed by atoms with E-state index in [9.17, 15) is 5.11 Å². The van der Waals surface area contributed by atoms with Gasteiger partial charge in [0.2, 0.25) is 5.95 Å². The fourth-order valence-corrected chi connectivity index (χ4v) is 3.55. The van der Waals surface area contributed by atoms with E-state index < -0.39 is 0 Å². The summed E-state index contributed by atoms with van der Waals surface area (Å²) < 4.78 is 7.71. The van der Waals surface area contributed by atoms with Crippen molar-refractivity contribution in [2.45, 2.75) is 31.1 Å². The van der Waals surface area contributed by atoms with Crippen LogP contribution < -0.4 is 5.73 Å². The third-order valence-electron chi connectivity index (χ3n) is 4.55. The van der Waals surface area contributed by atoms with Gasteiger partial charge in [-0.05, 0) is 13.3 Å². The van der Waals surface area contributed by atoms with Gasteiger partial charge in [0.25, 0.3) is 0 Å². The Balaban J connectivity index is 1.81. The van der Waals surface area contributed by atoms with Crippen molar-refractivity contribution in [1.82, 2.24) is 19.5 Å². The van der Waals surface area contributed by atoms with Crippen LogP contribution in [0.2, 0.25) is 5.15 Å². The zero-order valence-corrected chi connectivity index (χ0v) is 11.6. The molecule has 4 atom stereocenters. The van der Waals surface area contributed by atoms with E-state index in [0.29, 0.717) is 11.2 Å². The van der Waals surface area contributed by atoms with Gasteiger partial charge in [0.15, 0.2) is 10.8 Å². The number of halogens is 1. The first kappa shape index (κ1) is 12.3. The number of ether oxygens (including phenoxy) is 1. The Hall–Kier alpha value is -1.44. The number of hydrogen-bond donors (Lipinski definition) is 2. The Morgan fingerprint density at radius 3 is 3.10 bits per heavy atom. The summed E-state index contributed by atoms with van der Waals surface area (Å²) in [6.07, 6.45) is 2.59. The quantitative estimate of drug-likeness (QED) is 0.627. The molecule has 7 nitrogen and oxygen atoms in total. The molecule has 106 valence electrons. The number of aromatic nitrogens is 4. The van der Waals surface area contributed by atoms with Gasteiger partial charge in [-0.3, -0.25) is 0 Å². The summed E-state index contributed by atoms with van der Waals surface area (Å²) in [5, 5.41) is 9.73. The second-order valence-corrected chi connectivity index (χ2v) is 5.96. The van der Waals surface area contributed by atoms with Crippen LogP contribution in [0, 0.1) is 5.92 Å². The summed E-state index contributed by atoms with van der Waals surface area (Å²) in [6, 6.07) is 0.0903. The van der Waals surface area contributed by atoms with Crippen LogP contribution in [0.1, 0.15) is 19.4 Å². The van der Waals surface area contributed by atoms with Gasteiger partial charge in [-0.2, -0.15) is 9.97 Å². The maximum absolute atomic E-state index is 9.47. The van der Waals surface area contributed by atoms with Crippen LogP contribution in [0.25, 0.3) is 11.2 Å². The predicted molar refractivity (Wildman–Crippen MR) is 72.3 cm³/mol. The summed E-state index contributed by atoms with van der Waals surface area (Å²) in [5.74, 6) is 0.255. The van der Waals surface area contributed by atoms with Gasteiger partial charge in [0.05, 0.1) is 18.0 Å². The highest BCUT2D eigenvalue weighted by Crippen LogP contribution is 2.58. The molecule has 2 fully saturated rings. The number of rotatable bonds is 2. The Morgan fingerprint density at radius 2 is 2.40 bits per heavy atom. The fraction of sp³-hybridized carbons (Fsp3) is 0.583. The van der Waals surface area contributed by atoms with E-state index in [0.717, 1.165) is 6.42 Å². The maximum atomic E-state index is 9.47. The van der Waals surface area contributed by atoms with Crippen molar-refractivity contribution in [3.8, 4) is 0 Å². The van der Waals surface area contributed by atoms with E-state index in [4.69, 9.17) is 22.1 Å². The lowest BCUT2D eigenvalue weighted by Gasteiger charge is -2.17. The lowest BCUT2D eigenvalue weighted by Crippen LogP contribution is -2.20. The molecule has 0 bridgehead atoms. The number of nitrogens with two attached hydrogens (primary N) is 1.